The molecule has 9 nitrogen and oxygen atoms in total. The van der Waals surface area contributed by atoms with E-state index < -0.39 is 23.3 Å². The molecule has 0 bridgehead atoms. The van der Waals surface area contributed by atoms with Crippen LogP contribution in [0, 0.1) is 5.41 Å². The lowest BCUT2D eigenvalue weighted by molar-refractivity contribution is -0.138. The Morgan fingerprint density at radius 2 is 0.507 bits per heavy atom. The highest BCUT2D eigenvalue weighted by Gasteiger charge is 2.24. The van der Waals surface area contributed by atoms with Gasteiger partial charge in [0.05, 0.1) is 19.8 Å². The molecule has 0 amide bonds. The summed E-state index contributed by atoms with van der Waals surface area (Å²) in [7, 11) is 0. The third kappa shape index (κ3) is 70.6. The summed E-state index contributed by atoms with van der Waals surface area (Å²) in [6, 6.07) is 0. The molecule has 0 spiro atoms. The molecule has 398 valence electrons. The second-order valence-electron chi connectivity index (χ2n) is 17.3. The van der Waals surface area contributed by atoms with Gasteiger partial charge in [0, 0.05) is 24.7 Å². The molecule has 0 atom stereocenters. The summed E-state index contributed by atoms with van der Waals surface area (Å²) >= 11 is 0. The number of aliphatic carboxylic acids is 3. The van der Waals surface area contributed by atoms with Crippen LogP contribution in [0.5, 0.6) is 0 Å². The topological polar surface area (TPSA) is 173 Å². The van der Waals surface area contributed by atoms with Gasteiger partial charge in [-0.25, -0.2) is 0 Å². The van der Waals surface area contributed by atoms with E-state index >= 15 is 0 Å². The number of carbonyl (C=O) groups is 3. The zero-order valence-corrected chi connectivity index (χ0v) is 44.3. The van der Waals surface area contributed by atoms with Crippen LogP contribution in [0.4, 0.5) is 0 Å². The lowest BCUT2D eigenvalue weighted by Gasteiger charge is -2.24. The van der Waals surface area contributed by atoms with Gasteiger partial charge in [-0.3, -0.25) is 14.4 Å². The van der Waals surface area contributed by atoms with Crippen molar-refractivity contribution in [3.8, 4) is 0 Å². The van der Waals surface area contributed by atoms with Gasteiger partial charge < -0.3 is 30.6 Å². The first kappa shape index (κ1) is 71.5. The van der Waals surface area contributed by atoms with Gasteiger partial charge in [-0.2, -0.15) is 0 Å². The number of hydrogen-bond acceptors (Lipinski definition) is 6. The molecule has 0 aliphatic rings. The third-order valence-corrected chi connectivity index (χ3v) is 10.9. The van der Waals surface area contributed by atoms with Crippen molar-refractivity contribution in [3.05, 3.63) is 109 Å². The van der Waals surface area contributed by atoms with Gasteiger partial charge >= 0.3 is 17.9 Å². The Morgan fingerprint density at radius 3 is 0.696 bits per heavy atom. The summed E-state index contributed by atoms with van der Waals surface area (Å²) in [5.74, 6) is -2.02. The van der Waals surface area contributed by atoms with Crippen molar-refractivity contribution < 1.29 is 45.0 Å². The standard InChI is InChI=1S/3C18H30O2.C6H14O3/c3*1-2-3-4-5-6-7-8-9-10-11-12-13-14-15-16-17-18(19)20;1-2-6(3-7,4-8)5-9/h3*3-4,6-7,9-10H,2,5,8,11-17H2,1H3,(H,19,20);7-9H,2-5H2,1H3/b3*4-3-,7-6-,10-9-;. The number of allylic oxidation sites excluding steroid dienone is 18. The van der Waals surface area contributed by atoms with Gasteiger partial charge in [0.1, 0.15) is 0 Å². The summed E-state index contributed by atoms with van der Waals surface area (Å²) in [6.45, 7) is 7.80. The minimum atomic E-state index is -0.675. The van der Waals surface area contributed by atoms with Crippen LogP contribution >= 0.6 is 0 Å². The van der Waals surface area contributed by atoms with Crippen molar-refractivity contribution in [1.82, 2.24) is 0 Å². The van der Waals surface area contributed by atoms with Crippen molar-refractivity contribution in [3.63, 3.8) is 0 Å². The van der Waals surface area contributed by atoms with Crippen molar-refractivity contribution in [2.24, 2.45) is 5.41 Å². The maximum Gasteiger partial charge on any atom is 0.303 e. The molecule has 0 rings (SSSR count). The van der Waals surface area contributed by atoms with Gasteiger partial charge in [-0.15, -0.1) is 0 Å². The normalized spacial score (nSPS) is 12.0. The molecule has 0 radical (unpaired) electrons. The summed E-state index contributed by atoms with van der Waals surface area (Å²) in [5, 5.41) is 51.5. The van der Waals surface area contributed by atoms with Crippen LogP contribution in [0.2, 0.25) is 0 Å². The van der Waals surface area contributed by atoms with Crippen molar-refractivity contribution in [1.29, 1.82) is 0 Å². The molecule has 0 aromatic heterocycles. The molecule has 6 N–H and O–H groups in total. The van der Waals surface area contributed by atoms with Crippen LogP contribution < -0.4 is 0 Å². The number of aliphatic hydroxyl groups excluding tert-OH is 3. The summed E-state index contributed by atoms with van der Waals surface area (Å²) in [4.78, 5) is 30.9. The highest BCUT2D eigenvalue weighted by Crippen LogP contribution is 2.18. The fraction of sp³-hybridized carbons (Fsp3) is 0.650. The number of hydrogen-bond donors (Lipinski definition) is 6. The molecule has 69 heavy (non-hydrogen) atoms. The molecule has 0 saturated carbocycles. The molecular weight excluding hydrogens is 865 g/mol. The van der Waals surface area contributed by atoms with E-state index in [1.165, 1.54) is 38.5 Å². The van der Waals surface area contributed by atoms with Gasteiger partial charge in [0.15, 0.2) is 0 Å². The van der Waals surface area contributed by atoms with Crippen molar-refractivity contribution >= 4 is 17.9 Å². The van der Waals surface area contributed by atoms with Crippen LogP contribution in [-0.4, -0.2) is 68.4 Å². The van der Waals surface area contributed by atoms with Crippen LogP contribution in [0.3, 0.4) is 0 Å². The summed E-state index contributed by atoms with van der Waals surface area (Å²) in [5.41, 5.74) is -0.667. The summed E-state index contributed by atoms with van der Waals surface area (Å²) < 4.78 is 0. The Kier molecular flexibility index (Phi) is 66.3. The minimum Gasteiger partial charge on any atom is -0.481 e. The molecule has 0 aromatic carbocycles. The molecule has 0 aromatic rings. The fourth-order valence-electron chi connectivity index (χ4n) is 6.17. The number of carboxylic acid groups (broad SMARTS) is 3. The fourth-order valence-corrected chi connectivity index (χ4v) is 6.17. The Hall–Kier alpha value is -4.05. The van der Waals surface area contributed by atoms with Crippen LogP contribution in [-0.2, 0) is 14.4 Å². The number of unbranched alkanes of at least 4 members (excludes halogenated alkanes) is 15. The zero-order chi connectivity index (χ0) is 52.0. The molecule has 0 aliphatic heterocycles. The Labute approximate surface area is 422 Å². The maximum absolute atomic E-state index is 10.3. The first-order valence-electron chi connectivity index (χ1n) is 26.9. The highest BCUT2D eigenvalue weighted by molar-refractivity contribution is 5.67. The maximum atomic E-state index is 10.3. The van der Waals surface area contributed by atoms with E-state index in [-0.39, 0.29) is 19.8 Å². The lowest BCUT2D eigenvalue weighted by atomic mass is 9.88. The average Bonchev–Trinajstić information content (AvgIpc) is 3.34. The highest BCUT2D eigenvalue weighted by atomic mass is 16.4. The predicted octanol–water partition coefficient (Wildman–Crippen LogP) is 16.3. The van der Waals surface area contributed by atoms with Crippen molar-refractivity contribution in [2.45, 2.75) is 227 Å². The van der Waals surface area contributed by atoms with E-state index in [1.54, 1.807) is 0 Å². The molecular formula is C60H104O9. The van der Waals surface area contributed by atoms with Crippen molar-refractivity contribution in [2.75, 3.05) is 19.8 Å². The largest absolute Gasteiger partial charge is 0.481 e. The SMILES string of the molecule is CC/C=C\C/C=C\C/C=C\CCCCCCCC(=O)O.CC/C=C\C/C=C\C/C=C\CCCCCCCC(=O)O.CC/C=C\C/C=C\C/C=C\CCCCCCCC(=O)O.CCC(CO)(CO)CO. The monoisotopic (exact) mass is 969 g/mol. The predicted molar refractivity (Wildman–Crippen MR) is 295 cm³/mol. The van der Waals surface area contributed by atoms with Gasteiger partial charge in [0.25, 0.3) is 0 Å². The number of carboxylic acids is 3. The molecule has 0 heterocycles. The van der Waals surface area contributed by atoms with E-state index in [4.69, 9.17) is 30.6 Å². The average molecular weight is 969 g/mol. The Morgan fingerprint density at radius 1 is 0.304 bits per heavy atom. The lowest BCUT2D eigenvalue weighted by Crippen LogP contribution is -2.32. The first-order chi connectivity index (χ1) is 33.6. The van der Waals surface area contributed by atoms with E-state index in [2.05, 4.69) is 130 Å². The Balaban J connectivity index is -0.000000421. The smallest absolute Gasteiger partial charge is 0.303 e. The van der Waals surface area contributed by atoms with Gasteiger partial charge in [0.2, 0.25) is 0 Å². The molecule has 0 aliphatic carbocycles. The molecule has 0 saturated heterocycles. The minimum absolute atomic E-state index is 0.156. The van der Waals surface area contributed by atoms with Gasteiger partial charge in [-0.05, 0) is 122 Å². The van der Waals surface area contributed by atoms with Crippen LogP contribution in [0.1, 0.15) is 227 Å². The van der Waals surface area contributed by atoms with Gasteiger partial charge in [-0.1, -0.05) is 195 Å². The second kappa shape index (κ2) is 64.0. The van der Waals surface area contributed by atoms with Crippen LogP contribution in [0.15, 0.2) is 109 Å². The van der Waals surface area contributed by atoms with E-state index in [9.17, 15) is 14.4 Å². The van der Waals surface area contributed by atoms with E-state index in [1.807, 2.05) is 6.92 Å². The second-order valence-corrected chi connectivity index (χ2v) is 17.3. The number of aliphatic hydroxyl groups is 3. The Bertz CT molecular complexity index is 1200. The first-order valence-corrected chi connectivity index (χ1v) is 26.9. The quantitative estimate of drug-likeness (QED) is 0.0257. The number of rotatable bonds is 43. The summed E-state index contributed by atoms with van der Waals surface area (Å²) in [6.07, 6.45) is 70.7. The zero-order valence-electron chi connectivity index (χ0n) is 44.3. The van der Waals surface area contributed by atoms with E-state index in [0.717, 1.165) is 135 Å². The van der Waals surface area contributed by atoms with Crippen LogP contribution in [0.25, 0.3) is 0 Å². The van der Waals surface area contributed by atoms with E-state index in [0.29, 0.717) is 25.7 Å². The third-order valence-electron chi connectivity index (χ3n) is 10.9. The molecule has 9 heteroatoms. The molecule has 0 unspecified atom stereocenters. The molecule has 0 fully saturated rings.